The molecule has 2 atom stereocenters. The van der Waals surface area contributed by atoms with Crippen molar-refractivity contribution in [3.8, 4) is 0 Å². The summed E-state index contributed by atoms with van der Waals surface area (Å²) in [6.07, 6.45) is -4.21. The number of nitrogens with one attached hydrogen (secondary N) is 1. The van der Waals surface area contributed by atoms with Crippen LogP contribution in [0.15, 0.2) is 18.2 Å². The van der Waals surface area contributed by atoms with Gasteiger partial charge in [-0.05, 0) is 30.2 Å². The molecule has 0 aliphatic carbocycles. The standard InChI is InChI=1S/C12H11ClF3NO2/c13-9-2-6(1-8(4-9)12(14,15)16)10-3-7(5-17-10)11(18)19/h1-2,4,7,10,17H,3,5H2,(H,18,19). The summed E-state index contributed by atoms with van der Waals surface area (Å²) in [5.74, 6) is -1.54. The molecule has 3 nitrogen and oxygen atoms in total. The average Bonchev–Trinajstić information content (AvgIpc) is 2.76. The molecule has 1 aliphatic rings. The normalized spacial score (nSPS) is 23.6. The molecule has 0 bridgehead atoms. The highest BCUT2D eigenvalue weighted by Gasteiger charge is 2.34. The van der Waals surface area contributed by atoms with Gasteiger partial charge in [0.05, 0.1) is 11.5 Å². The van der Waals surface area contributed by atoms with Crippen LogP contribution >= 0.6 is 11.6 Å². The van der Waals surface area contributed by atoms with Crippen molar-refractivity contribution < 1.29 is 23.1 Å². The zero-order chi connectivity index (χ0) is 14.2. The van der Waals surface area contributed by atoms with Gasteiger partial charge in [-0.25, -0.2) is 0 Å². The number of rotatable bonds is 2. The third kappa shape index (κ3) is 3.19. The number of carbonyl (C=O) groups is 1. The van der Waals surface area contributed by atoms with Gasteiger partial charge in [-0.1, -0.05) is 11.6 Å². The molecule has 2 rings (SSSR count). The highest BCUT2D eigenvalue weighted by molar-refractivity contribution is 6.30. The van der Waals surface area contributed by atoms with E-state index in [0.29, 0.717) is 5.56 Å². The minimum atomic E-state index is -4.47. The lowest BCUT2D eigenvalue weighted by Gasteiger charge is -2.14. The van der Waals surface area contributed by atoms with Crippen LogP contribution in [-0.4, -0.2) is 17.6 Å². The molecule has 1 aliphatic heterocycles. The molecule has 0 saturated carbocycles. The average molecular weight is 294 g/mol. The Labute approximate surface area is 112 Å². The number of carboxylic acids is 1. The van der Waals surface area contributed by atoms with Gasteiger partial charge in [-0.2, -0.15) is 13.2 Å². The Morgan fingerprint density at radius 2 is 2.05 bits per heavy atom. The zero-order valence-electron chi connectivity index (χ0n) is 9.67. The number of benzene rings is 1. The Bertz CT molecular complexity index is 504. The Morgan fingerprint density at radius 1 is 1.37 bits per heavy atom. The van der Waals surface area contributed by atoms with Gasteiger partial charge >= 0.3 is 12.1 Å². The number of halogens is 4. The molecular weight excluding hydrogens is 283 g/mol. The molecule has 2 unspecified atom stereocenters. The molecule has 1 heterocycles. The maximum Gasteiger partial charge on any atom is 0.416 e. The topological polar surface area (TPSA) is 49.3 Å². The number of aliphatic carboxylic acids is 1. The van der Waals surface area contributed by atoms with Crippen LogP contribution in [0.3, 0.4) is 0 Å². The summed E-state index contributed by atoms with van der Waals surface area (Å²) in [5.41, 5.74) is -0.459. The van der Waals surface area contributed by atoms with E-state index >= 15 is 0 Å². The Balaban J connectivity index is 2.26. The predicted octanol–water partition coefficient (Wildman–Crippen LogP) is 3.09. The van der Waals surface area contributed by atoms with Crippen molar-refractivity contribution in [3.63, 3.8) is 0 Å². The number of hydrogen-bond donors (Lipinski definition) is 2. The second-order valence-corrected chi connectivity index (χ2v) is 4.94. The van der Waals surface area contributed by atoms with E-state index < -0.39 is 29.7 Å². The fraction of sp³-hybridized carbons (Fsp3) is 0.417. The van der Waals surface area contributed by atoms with E-state index in [1.54, 1.807) is 0 Å². The Hall–Kier alpha value is -1.27. The molecule has 0 spiro atoms. The first-order valence-electron chi connectivity index (χ1n) is 5.61. The molecule has 1 aromatic rings. The smallest absolute Gasteiger partial charge is 0.416 e. The number of alkyl halides is 3. The quantitative estimate of drug-likeness (QED) is 0.881. The van der Waals surface area contributed by atoms with Gasteiger partial charge in [0.25, 0.3) is 0 Å². The summed E-state index contributed by atoms with van der Waals surface area (Å²) in [4.78, 5) is 10.8. The fourth-order valence-electron chi connectivity index (χ4n) is 2.15. The highest BCUT2D eigenvalue weighted by Crippen LogP contribution is 2.35. The lowest BCUT2D eigenvalue weighted by atomic mass is 9.98. The lowest BCUT2D eigenvalue weighted by Crippen LogP contribution is -2.17. The van der Waals surface area contributed by atoms with Crippen molar-refractivity contribution in [2.75, 3.05) is 6.54 Å². The summed E-state index contributed by atoms with van der Waals surface area (Å²) >= 11 is 5.69. The van der Waals surface area contributed by atoms with Gasteiger partial charge in [0.2, 0.25) is 0 Å². The summed E-state index contributed by atoms with van der Waals surface area (Å²) in [6.45, 7) is 0.244. The van der Waals surface area contributed by atoms with Crippen molar-refractivity contribution in [2.45, 2.75) is 18.6 Å². The zero-order valence-corrected chi connectivity index (χ0v) is 10.4. The first kappa shape index (κ1) is 14.1. The molecule has 1 saturated heterocycles. The van der Waals surface area contributed by atoms with Gasteiger partial charge < -0.3 is 10.4 Å². The maximum atomic E-state index is 12.7. The van der Waals surface area contributed by atoms with Gasteiger partial charge in [0.15, 0.2) is 0 Å². The first-order chi connectivity index (χ1) is 8.77. The van der Waals surface area contributed by atoms with Crippen molar-refractivity contribution in [3.05, 3.63) is 34.3 Å². The highest BCUT2D eigenvalue weighted by atomic mass is 35.5. The van der Waals surface area contributed by atoms with Crippen LogP contribution in [0, 0.1) is 5.92 Å². The summed E-state index contributed by atoms with van der Waals surface area (Å²) in [7, 11) is 0. The lowest BCUT2D eigenvalue weighted by molar-refractivity contribution is -0.141. The molecule has 2 N–H and O–H groups in total. The summed E-state index contributed by atoms with van der Waals surface area (Å²) < 4.78 is 38.0. The molecule has 19 heavy (non-hydrogen) atoms. The maximum absolute atomic E-state index is 12.7. The summed E-state index contributed by atoms with van der Waals surface area (Å²) in [6, 6.07) is 2.88. The van der Waals surface area contributed by atoms with E-state index in [4.69, 9.17) is 16.7 Å². The SMILES string of the molecule is O=C(O)C1CNC(c2cc(Cl)cc(C(F)(F)F)c2)C1. The van der Waals surface area contributed by atoms with Crippen molar-refractivity contribution >= 4 is 17.6 Å². The van der Waals surface area contributed by atoms with Gasteiger partial charge in [-0.3, -0.25) is 4.79 Å². The van der Waals surface area contributed by atoms with E-state index in [1.165, 1.54) is 6.07 Å². The minimum absolute atomic E-state index is 0.00889. The van der Waals surface area contributed by atoms with Crippen molar-refractivity contribution in [1.29, 1.82) is 0 Å². The van der Waals surface area contributed by atoms with Crippen molar-refractivity contribution in [1.82, 2.24) is 5.32 Å². The van der Waals surface area contributed by atoms with E-state index in [0.717, 1.165) is 12.1 Å². The van der Waals surface area contributed by atoms with Crippen LogP contribution in [0.1, 0.15) is 23.6 Å². The third-order valence-corrected chi connectivity index (χ3v) is 3.35. The fourth-order valence-corrected chi connectivity index (χ4v) is 2.40. The Kier molecular flexibility index (Phi) is 3.73. The number of hydrogen-bond acceptors (Lipinski definition) is 2. The van der Waals surface area contributed by atoms with E-state index in [2.05, 4.69) is 5.32 Å². The van der Waals surface area contributed by atoms with E-state index in [1.807, 2.05) is 0 Å². The largest absolute Gasteiger partial charge is 0.481 e. The van der Waals surface area contributed by atoms with Gasteiger partial charge in [0, 0.05) is 17.6 Å². The minimum Gasteiger partial charge on any atom is -0.481 e. The van der Waals surface area contributed by atoms with Crippen LogP contribution < -0.4 is 5.32 Å². The third-order valence-electron chi connectivity index (χ3n) is 3.13. The van der Waals surface area contributed by atoms with E-state index in [-0.39, 0.29) is 18.0 Å². The predicted molar refractivity (Wildman–Crippen MR) is 62.9 cm³/mol. The van der Waals surface area contributed by atoms with Gasteiger partial charge in [0.1, 0.15) is 0 Å². The molecular formula is C12H11ClF3NO2. The molecule has 1 fully saturated rings. The molecule has 1 aromatic carbocycles. The van der Waals surface area contributed by atoms with Crippen molar-refractivity contribution in [2.24, 2.45) is 5.92 Å². The van der Waals surface area contributed by atoms with Crippen LogP contribution in [-0.2, 0) is 11.0 Å². The van der Waals surface area contributed by atoms with Crippen LogP contribution in [0.2, 0.25) is 5.02 Å². The molecule has 0 amide bonds. The van der Waals surface area contributed by atoms with Crippen LogP contribution in [0.5, 0.6) is 0 Å². The Morgan fingerprint density at radius 3 is 2.58 bits per heavy atom. The van der Waals surface area contributed by atoms with Crippen LogP contribution in [0.25, 0.3) is 0 Å². The van der Waals surface area contributed by atoms with Gasteiger partial charge in [-0.15, -0.1) is 0 Å². The van der Waals surface area contributed by atoms with E-state index in [9.17, 15) is 18.0 Å². The molecule has 0 aromatic heterocycles. The summed E-state index contributed by atoms with van der Waals surface area (Å²) in [5, 5.41) is 11.8. The molecule has 104 valence electrons. The first-order valence-corrected chi connectivity index (χ1v) is 5.99. The number of carboxylic acid groups (broad SMARTS) is 1. The monoisotopic (exact) mass is 293 g/mol. The second-order valence-electron chi connectivity index (χ2n) is 4.50. The van der Waals surface area contributed by atoms with Crippen LogP contribution in [0.4, 0.5) is 13.2 Å². The second kappa shape index (κ2) is 5.02. The molecule has 7 heteroatoms. The molecule has 0 radical (unpaired) electrons.